The molecule has 1 amide bonds. The van der Waals surface area contributed by atoms with Gasteiger partial charge in [-0.25, -0.2) is 9.97 Å². The van der Waals surface area contributed by atoms with Crippen LogP contribution in [-0.2, 0) is 4.79 Å². The van der Waals surface area contributed by atoms with E-state index in [1.165, 1.54) is 23.1 Å². The van der Waals surface area contributed by atoms with Crippen LogP contribution in [-0.4, -0.2) is 35.3 Å². The maximum Gasteiger partial charge on any atom is 0.239 e. The van der Waals surface area contributed by atoms with Gasteiger partial charge in [0.15, 0.2) is 16.6 Å². The molecule has 1 atom stereocenters. The maximum atomic E-state index is 13.3. The number of methoxy groups -OCH3 is 2. The van der Waals surface area contributed by atoms with Crippen molar-refractivity contribution in [2.24, 2.45) is 0 Å². The molecule has 0 aliphatic carbocycles. The van der Waals surface area contributed by atoms with E-state index in [0.29, 0.717) is 54.8 Å². The Morgan fingerprint density at radius 1 is 0.952 bits per heavy atom. The van der Waals surface area contributed by atoms with E-state index in [4.69, 9.17) is 26.1 Å². The highest BCUT2D eigenvalue weighted by Crippen LogP contribution is 2.43. The van der Waals surface area contributed by atoms with Gasteiger partial charge >= 0.3 is 0 Å². The topological polar surface area (TPSA) is 97.1 Å². The number of benzene rings is 3. The molecule has 5 aromatic rings. The number of thioether (sulfide) groups is 1. The van der Waals surface area contributed by atoms with Crippen LogP contribution in [0.5, 0.6) is 11.5 Å². The maximum absolute atomic E-state index is 13.3. The van der Waals surface area contributed by atoms with Crippen molar-refractivity contribution in [2.45, 2.75) is 17.2 Å². The zero-order valence-corrected chi connectivity index (χ0v) is 25.3. The number of aromatic nitrogens is 2. The van der Waals surface area contributed by atoms with Gasteiger partial charge in [-0.3, -0.25) is 4.79 Å². The lowest BCUT2D eigenvalue weighted by Gasteiger charge is -2.17. The van der Waals surface area contributed by atoms with Crippen molar-refractivity contribution in [1.82, 2.24) is 9.97 Å². The number of carbonyl (C=O) groups excluding carboxylic acids is 1. The Balaban J connectivity index is 1.49. The molecule has 1 unspecified atom stereocenters. The Bertz CT molecular complexity index is 1790. The fourth-order valence-electron chi connectivity index (χ4n) is 4.34. The number of para-hydroxylation sites is 1. The predicted molar refractivity (Wildman–Crippen MR) is 169 cm³/mol. The Labute approximate surface area is 257 Å². The zero-order chi connectivity index (χ0) is 29.6. The first-order valence-electron chi connectivity index (χ1n) is 12.8. The third-order valence-electron chi connectivity index (χ3n) is 6.40. The van der Waals surface area contributed by atoms with Gasteiger partial charge < -0.3 is 14.8 Å². The number of halogens is 1. The van der Waals surface area contributed by atoms with Gasteiger partial charge in [0.25, 0.3) is 0 Å². The first-order valence-corrected chi connectivity index (χ1v) is 15.0. The molecule has 210 valence electrons. The summed E-state index contributed by atoms with van der Waals surface area (Å²) in [5.41, 5.74) is 4.65. The predicted octanol–water partition coefficient (Wildman–Crippen LogP) is 8.20. The number of hydrogen-bond acceptors (Lipinski definition) is 8. The summed E-state index contributed by atoms with van der Waals surface area (Å²) in [6, 6.07) is 26.8. The molecule has 1 N–H and O–H groups in total. The molecule has 0 fully saturated rings. The first kappa shape index (κ1) is 29.1. The SMILES string of the molecule is COc1cccc(-c2cc(-c3ccccc3)nc(SC(C)C(=O)Nc3nc(-c4ccccc4Cl)cs3)c2C#N)c1OC. The molecule has 7 nitrogen and oxygen atoms in total. The summed E-state index contributed by atoms with van der Waals surface area (Å²) in [6.07, 6.45) is 0. The minimum atomic E-state index is -0.594. The van der Waals surface area contributed by atoms with E-state index in [-0.39, 0.29) is 5.91 Å². The van der Waals surface area contributed by atoms with Crippen LogP contribution < -0.4 is 14.8 Å². The normalized spacial score (nSPS) is 11.4. The highest BCUT2D eigenvalue weighted by atomic mass is 35.5. The summed E-state index contributed by atoms with van der Waals surface area (Å²) < 4.78 is 11.2. The molecule has 2 aromatic heterocycles. The van der Waals surface area contributed by atoms with Crippen molar-refractivity contribution < 1.29 is 14.3 Å². The monoisotopic (exact) mass is 612 g/mol. The molecule has 0 bridgehead atoms. The lowest BCUT2D eigenvalue weighted by molar-refractivity contribution is -0.115. The molecule has 5 rings (SSSR count). The van der Waals surface area contributed by atoms with Gasteiger partial charge in [-0.2, -0.15) is 5.26 Å². The molecule has 3 aromatic carbocycles. The Morgan fingerprint density at radius 2 is 1.69 bits per heavy atom. The van der Waals surface area contributed by atoms with E-state index in [2.05, 4.69) is 16.4 Å². The first-order chi connectivity index (χ1) is 20.4. The van der Waals surface area contributed by atoms with Gasteiger partial charge in [0, 0.05) is 32.7 Å². The average Bonchev–Trinajstić information content (AvgIpc) is 3.48. The summed E-state index contributed by atoms with van der Waals surface area (Å²) >= 11 is 8.84. The lowest BCUT2D eigenvalue weighted by atomic mass is 9.98. The fourth-order valence-corrected chi connectivity index (χ4v) is 6.21. The standard InChI is InChI=1S/C32H25ClN4O3S2/c1-19(30(38)37-32-36-27(18-41-32)22-12-7-8-14-25(22)33)42-31-24(17-34)23(16-26(35-31)20-10-5-4-6-11-20)21-13-9-15-28(39-2)29(21)40-3/h4-16,18-19H,1-3H3,(H,36,37,38). The van der Waals surface area contributed by atoms with Crippen LogP contribution in [0.4, 0.5) is 5.13 Å². The van der Waals surface area contributed by atoms with Crippen LogP contribution in [0.25, 0.3) is 33.6 Å². The number of nitrogens with zero attached hydrogens (tertiary/aromatic N) is 3. The second-order valence-corrected chi connectivity index (χ2v) is 11.6. The molecule has 0 radical (unpaired) electrons. The van der Waals surface area contributed by atoms with E-state index in [9.17, 15) is 10.1 Å². The molecule has 0 aliphatic heterocycles. The average molecular weight is 613 g/mol. The molecule has 0 spiro atoms. The number of carbonyl (C=O) groups is 1. The third-order valence-corrected chi connectivity index (χ3v) is 8.58. The molecule has 10 heteroatoms. The Hall–Kier alpha value is -4.36. The largest absolute Gasteiger partial charge is 0.493 e. The number of anilines is 1. The summed E-state index contributed by atoms with van der Waals surface area (Å²) in [6.45, 7) is 1.77. The summed E-state index contributed by atoms with van der Waals surface area (Å²) in [5.74, 6) is 0.774. The van der Waals surface area contributed by atoms with Crippen molar-refractivity contribution in [1.29, 1.82) is 5.26 Å². The molecule has 42 heavy (non-hydrogen) atoms. The zero-order valence-electron chi connectivity index (χ0n) is 22.9. The smallest absolute Gasteiger partial charge is 0.239 e. The van der Waals surface area contributed by atoms with Crippen LogP contribution >= 0.6 is 34.7 Å². The van der Waals surface area contributed by atoms with Gasteiger partial charge in [0.05, 0.1) is 36.4 Å². The van der Waals surface area contributed by atoms with Crippen molar-refractivity contribution in [3.8, 4) is 51.2 Å². The van der Waals surface area contributed by atoms with Crippen LogP contribution in [0.2, 0.25) is 5.02 Å². The Morgan fingerprint density at radius 3 is 2.40 bits per heavy atom. The molecular formula is C32H25ClN4O3S2. The molecule has 0 saturated heterocycles. The van der Waals surface area contributed by atoms with E-state index < -0.39 is 5.25 Å². The van der Waals surface area contributed by atoms with Crippen molar-refractivity contribution >= 4 is 45.7 Å². The number of nitriles is 1. The van der Waals surface area contributed by atoms with Gasteiger partial charge in [-0.1, -0.05) is 84.0 Å². The summed E-state index contributed by atoms with van der Waals surface area (Å²) in [4.78, 5) is 22.7. The van der Waals surface area contributed by atoms with Crippen LogP contribution in [0, 0.1) is 11.3 Å². The minimum absolute atomic E-state index is 0.267. The second kappa shape index (κ2) is 13.1. The summed E-state index contributed by atoms with van der Waals surface area (Å²) in [7, 11) is 3.13. The van der Waals surface area contributed by atoms with Gasteiger partial charge in [-0.15, -0.1) is 11.3 Å². The number of rotatable bonds is 9. The van der Waals surface area contributed by atoms with E-state index in [1.54, 1.807) is 33.3 Å². The lowest BCUT2D eigenvalue weighted by Crippen LogP contribution is -2.22. The van der Waals surface area contributed by atoms with Gasteiger partial charge in [-0.05, 0) is 25.1 Å². The van der Waals surface area contributed by atoms with Crippen molar-refractivity contribution in [2.75, 3.05) is 19.5 Å². The number of nitrogens with one attached hydrogen (secondary N) is 1. The van der Waals surface area contributed by atoms with Crippen molar-refractivity contribution in [3.63, 3.8) is 0 Å². The van der Waals surface area contributed by atoms with Crippen LogP contribution in [0.15, 0.2) is 89.3 Å². The highest BCUT2D eigenvalue weighted by molar-refractivity contribution is 8.00. The van der Waals surface area contributed by atoms with Crippen LogP contribution in [0.3, 0.4) is 0 Å². The quantitative estimate of drug-likeness (QED) is 0.168. The summed E-state index contributed by atoms with van der Waals surface area (Å²) in [5, 5.41) is 16.0. The number of amides is 1. The van der Waals surface area contributed by atoms with E-state index >= 15 is 0 Å². The Kier molecular flexibility index (Phi) is 9.08. The highest BCUT2D eigenvalue weighted by Gasteiger charge is 2.24. The van der Waals surface area contributed by atoms with Gasteiger partial charge in [0.1, 0.15) is 11.1 Å². The molecule has 0 aliphatic rings. The minimum Gasteiger partial charge on any atom is -0.493 e. The molecular weight excluding hydrogens is 588 g/mol. The number of pyridine rings is 1. The van der Waals surface area contributed by atoms with Crippen molar-refractivity contribution in [3.05, 3.63) is 94.8 Å². The van der Waals surface area contributed by atoms with E-state index in [0.717, 1.165) is 11.1 Å². The number of hydrogen-bond donors (Lipinski definition) is 1. The third kappa shape index (κ3) is 6.11. The second-order valence-electron chi connectivity index (χ2n) is 9.02. The fraction of sp³-hybridized carbons (Fsp3) is 0.125. The molecule has 0 saturated carbocycles. The van der Waals surface area contributed by atoms with E-state index in [1.807, 2.05) is 72.1 Å². The number of thiazole rings is 1. The molecule has 2 heterocycles. The van der Waals surface area contributed by atoms with Crippen LogP contribution in [0.1, 0.15) is 12.5 Å². The number of ether oxygens (including phenoxy) is 2. The van der Waals surface area contributed by atoms with Gasteiger partial charge in [0.2, 0.25) is 5.91 Å².